The zero-order valence-electron chi connectivity index (χ0n) is 16.1. The fourth-order valence-corrected chi connectivity index (χ4v) is 4.67. The highest BCUT2D eigenvalue weighted by Gasteiger charge is 2.34. The molecule has 142 valence electrons. The van der Waals surface area contributed by atoms with Gasteiger partial charge in [0, 0.05) is 31.2 Å². The summed E-state index contributed by atoms with van der Waals surface area (Å²) in [6, 6.07) is 15.6. The molecule has 3 heterocycles. The number of pyridine rings is 1. The summed E-state index contributed by atoms with van der Waals surface area (Å²) in [5.74, 6) is 0.772. The zero-order chi connectivity index (χ0) is 18.6. The lowest BCUT2D eigenvalue weighted by molar-refractivity contribution is -0.133. The Kier molecular flexibility index (Phi) is 5.53. The number of carbonyl (C=O) groups is 1. The maximum absolute atomic E-state index is 13.2. The van der Waals surface area contributed by atoms with Crippen LogP contribution in [0.25, 0.3) is 0 Å². The fourth-order valence-electron chi connectivity index (χ4n) is 4.67. The number of benzene rings is 1. The van der Waals surface area contributed by atoms with E-state index in [0.717, 1.165) is 18.5 Å². The lowest BCUT2D eigenvalue weighted by atomic mass is 9.89. The minimum atomic E-state index is 0.258. The Hall–Kier alpha value is -2.20. The molecule has 4 nitrogen and oxygen atoms in total. The van der Waals surface area contributed by atoms with E-state index < -0.39 is 0 Å². The molecule has 27 heavy (non-hydrogen) atoms. The van der Waals surface area contributed by atoms with Crippen LogP contribution in [0.4, 0.5) is 0 Å². The molecular formula is C23H29N3O. The van der Waals surface area contributed by atoms with Gasteiger partial charge in [0.1, 0.15) is 0 Å². The van der Waals surface area contributed by atoms with Crippen LogP contribution in [0, 0.1) is 12.8 Å². The van der Waals surface area contributed by atoms with Crippen LogP contribution in [0.15, 0.2) is 48.7 Å². The minimum Gasteiger partial charge on any atom is -0.332 e. The van der Waals surface area contributed by atoms with Gasteiger partial charge in [-0.15, -0.1) is 0 Å². The number of nitrogens with zero attached hydrogens (tertiary/aromatic N) is 2. The van der Waals surface area contributed by atoms with Crippen LogP contribution in [-0.4, -0.2) is 27.9 Å². The summed E-state index contributed by atoms with van der Waals surface area (Å²) < 4.78 is 0. The number of hydrogen-bond donors (Lipinski definition) is 1. The van der Waals surface area contributed by atoms with Gasteiger partial charge in [-0.05, 0) is 56.2 Å². The van der Waals surface area contributed by atoms with Crippen LogP contribution in [0.2, 0.25) is 0 Å². The number of fused-ring (bicyclic) bond motifs is 2. The molecule has 2 atom stereocenters. The van der Waals surface area contributed by atoms with Crippen LogP contribution in [-0.2, 0) is 17.9 Å². The van der Waals surface area contributed by atoms with Crippen molar-refractivity contribution in [3.8, 4) is 0 Å². The largest absolute Gasteiger partial charge is 0.332 e. The van der Waals surface area contributed by atoms with Crippen molar-refractivity contribution in [2.75, 3.05) is 0 Å². The van der Waals surface area contributed by atoms with Crippen molar-refractivity contribution in [3.63, 3.8) is 0 Å². The monoisotopic (exact) mass is 363 g/mol. The Morgan fingerprint density at radius 3 is 2.63 bits per heavy atom. The van der Waals surface area contributed by atoms with Crippen LogP contribution in [0.1, 0.15) is 48.9 Å². The normalized spacial score (nSPS) is 24.0. The number of carbonyl (C=O) groups excluding carboxylic acids is 1. The smallest absolute Gasteiger partial charge is 0.223 e. The van der Waals surface area contributed by atoms with Gasteiger partial charge < -0.3 is 10.2 Å². The van der Waals surface area contributed by atoms with Crippen molar-refractivity contribution in [3.05, 3.63) is 65.5 Å². The molecule has 1 amide bonds. The predicted molar refractivity (Wildman–Crippen MR) is 107 cm³/mol. The number of rotatable bonds is 6. The standard InChI is InChI=1S/C23H29N3O/c1-17-5-4-6-18(11-17)15-26(16-22-7-2-3-10-24-22)23(27)14-19-12-20-8-9-21(13-19)25-20/h2-7,10-11,19-21,25H,8-9,12-16H2,1H3. The maximum atomic E-state index is 13.2. The molecule has 0 spiro atoms. The summed E-state index contributed by atoms with van der Waals surface area (Å²) in [4.78, 5) is 19.6. The van der Waals surface area contributed by atoms with Gasteiger partial charge in [-0.1, -0.05) is 35.9 Å². The quantitative estimate of drug-likeness (QED) is 0.848. The van der Waals surface area contributed by atoms with E-state index in [1.807, 2.05) is 23.1 Å². The van der Waals surface area contributed by atoms with Crippen molar-refractivity contribution in [1.29, 1.82) is 0 Å². The summed E-state index contributed by atoms with van der Waals surface area (Å²) in [5, 5.41) is 3.67. The number of nitrogens with one attached hydrogen (secondary N) is 1. The van der Waals surface area contributed by atoms with Crippen LogP contribution >= 0.6 is 0 Å². The predicted octanol–water partition coefficient (Wildman–Crippen LogP) is 3.84. The highest BCUT2D eigenvalue weighted by molar-refractivity contribution is 5.76. The topological polar surface area (TPSA) is 45.2 Å². The molecule has 2 fully saturated rings. The molecule has 0 saturated carbocycles. The number of aromatic nitrogens is 1. The van der Waals surface area contributed by atoms with Crippen molar-refractivity contribution in [1.82, 2.24) is 15.2 Å². The first-order valence-electron chi connectivity index (χ1n) is 10.1. The highest BCUT2D eigenvalue weighted by Crippen LogP contribution is 2.33. The van der Waals surface area contributed by atoms with Gasteiger partial charge in [0.05, 0.1) is 12.2 Å². The number of piperidine rings is 1. The molecule has 2 saturated heterocycles. The van der Waals surface area contributed by atoms with E-state index in [4.69, 9.17) is 0 Å². The third-order valence-electron chi connectivity index (χ3n) is 5.92. The van der Waals surface area contributed by atoms with Crippen LogP contribution in [0.3, 0.4) is 0 Å². The van der Waals surface area contributed by atoms with Gasteiger partial charge >= 0.3 is 0 Å². The molecule has 1 N–H and O–H groups in total. The van der Waals surface area contributed by atoms with Gasteiger partial charge in [-0.3, -0.25) is 9.78 Å². The summed E-state index contributed by atoms with van der Waals surface area (Å²) in [5.41, 5.74) is 3.36. The van der Waals surface area contributed by atoms with E-state index in [1.54, 1.807) is 6.20 Å². The van der Waals surface area contributed by atoms with E-state index in [0.29, 0.717) is 37.5 Å². The number of aryl methyl sites for hydroxylation is 1. The molecule has 1 aromatic heterocycles. The Bertz CT molecular complexity index is 764. The molecule has 1 aromatic carbocycles. The molecule has 4 rings (SSSR count). The molecule has 2 bridgehead atoms. The van der Waals surface area contributed by atoms with Crippen LogP contribution < -0.4 is 5.32 Å². The Morgan fingerprint density at radius 1 is 1.11 bits per heavy atom. The second-order valence-electron chi connectivity index (χ2n) is 8.24. The van der Waals surface area contributed by atoms with Crippen molar-refractivity contribution >= 4 is 5.91 Å². The first kappa shape index (κ1) is 18.2. The molecule has 2 aromatic rings. The first-order chi connectivity index (χ1) is 13.2. The lowest BCUT2D eigenvalue weighted by Crippen LogP contribution is -2.40. The average molecular weight is 364 g/mol. The van der Waals surface area contributed by atoms with Crippen LogP contribution in [0.5, 0.6) is 0 Å². The SMILES string of the molecule is Cc1cccc(CN(Cc2ccccn2)C(=O)CC2CC3CCC(C2)N3)c1. The van der Waals surface area contributed by atoms with E-state index in [1.165, 1.54) is 24.0 Å². The summed E-state index contributed by atoms with van der Waals surface area (Å²) in [6.45, 7) is 3.32. The van der Waals surface area contributed by atoms with E-state index in [2.05, 4.69) is 41.5 Å². The Morgan fingerprint density at radius 2 is 1.93 bits per heavy atom. The lowest BCUT2D eigenvalue weighted by Gasteiger charge is -2.31. The Balaban J connectivity index is 1.46. The third-order valence-corrected chi connectivity index (χ3v) is 5.92. The first-order valence-corrected chi connectivity index (χ1v) is 10.1. The average Bonchev–Trinajstić information content (AvgIpc) is 3.00. The molecule has 0 radical (unpaired) electrons. The van der Waals surface area contributed by atoms with Gasteiger partial charge in [-0.2, -0.15) is 0 Å². The van der Waals surface area contributed by atoms with Gasteiger partial charge in [-0.25, -0.2) is 0 Å². The van der Waals surface area contributed by atoms with Gasteiger partial charge in [0.2, 0.25) is 5.91 Å². The minimum absolute atomic E-state index is 0.258. The molecule has 2 unspecified atom stereocenters. The van der Waals surface area contributed by atoms with E-state index in [-0.39, 0.29) is 5.91 Å². The maximum Gasteiger partial charge on any atom is 0.223 e. The summed E-state index contributed by atoms with van der Waals surface area (Å²) >= 11 is 0. The number of hydrogen-bond acceptors (Lipinski definition) is 3. The molecule has 0 aliphatic carbocycles. The Labute approximate surface area is 162 Å². The molecule has 2 aliphatic heterocycles. The van der Waals surface area contributed by atoms with Crippen molar-refractivity contribution < 1.29 is 4.79 Å². The fraction of sp³-hybridized carbons (Fsp3) is 0.478. The summed E-state index contributed by atoms with van der Waals surface area (Å²) in [7, 11) is 0. The van der Waals surface area contributed by atoms with Crippen molar-refractivity contribution in [2.45, 2.75) is 64.2 Å². The highest BCUT2D eigenvalue weighted by atomic mass is 16.2. The molecule has 4 heteroatoms. The number of amides is 1. The summed E-state index contributed by atoms with van der Waals surface area (Å²) in [6.07, 6.45) is 7.29. The van der Waals surface area contributed by atoms with Crippen molar-refractivity contribution in [2.24, 2.45) is 5.92 Å². The zero-order valence-corrected chi connectivity index (χ0v) is 16.1. The van der Waals surface area contributed by atoms with Gasteiger partial charge in [0.15, 0.2) is 0 Å². The van der Waals surface area contributed by atoms with Gasteiger partial charge in [0.25, 0.3) is 0 Å². The van der Waals surface area contributed by atoms with E-state index in [9.17, 15) is 4.79 Å². The second-order valence-corrected chi connectivity index (χ2v) is 8.24. The molecule has 2 aliphatic rings. The molecular weight excluding hydrogens is 334 g/mol. The van der Waals surface area contributed by atoms with E-state index >= 15 is 0 Å². The second kappa shape index (κ2) is 8.22. The third kappa shape index (κ3) is 4.75.